The molecule has 3 aliphatic rings. The number of ether oxygens (including phenoxy) is 1. The highest BCUT2D eigenvalue weighted by Gasteiger charge is 2.40. The number of benzene rings is 1. The van der Waals surface area contributed by atoms with Gasteiger partial charge in [-0.25, -0.2) is 4.98 Å². The first-order valence-electron chi connectivity index (χ1n) is 12.2. The summed E-state index contributed by atoms with van der Waals surface area (Å²) in [7, 11) is 0. The Balaban J connectivity index is 1.18. The number of hydrogen-bond donors (Lipinski definition) is 0. The van der Waals surface area contributed by atoms with Gasteiger partial charge in [0.25, 0.3) is 5.91 Å². The van der Waals surface area contributed by atoms with E-state index in [1.807, 2.05) is 41.7 Å². The van der Waals surface area contributed by atoms with E-state index < -0.39 is 0 Å². The number of likely N-dealkylation sites (tertiary alicyclic amines) is 2. The first-order valence-corrected chi connectivity index (χ1v) is 12.2. The number of anilines is 1. The van der Waals surface area contributed by atoms with Gasteiger partial charge < -0.3 is 24.0 Å². The molecule has 1 aromatic heterocycles. The van der Waals surface area contributed by atoms with E-state index in [-0.39, 0.29) is 17.9 Å². The summed E-state index contributed by atoms with van der Waals surface area (Å²) in [6, 6.07) is 8.25. The van der Waals surface area contributed by atoms with Crippen LogP contribution in [0.1, 0.15) is 36.0 Å². The normalized spacial score (nSPS) is 23.5. The third-order valence-corrected chi connectivity index (χ3v) is 7.30. The number of carbonyl (C=O) groups is 2. The molecule has 0 bridgehead atoms. The first-order chi connectivity index (χ1) is 16.2. The smallest absolute Gasteiger partial charge is 0.253 e. The van der Waals surface area contributed by atoms with Crippen molar-refractivity contribution in [2.75, 3.05) is 50.8 Å². The fourth-order valence-electron chi connectivity index (χ4n) is 5.49. The molecule has 3 aliphatic heterocycles. The average Bonchev–Trinajstić information content (AvgIpc) is 3.39. The lowest BCUT2D eigenvalue weighted by atomic mass is 9.83. The van der Waals surface area contributed by atoms with Crippen molar-refractivity contribution in [3.63, 3.8) is 0 Å². The van der Waals surface area contributed by atoms with Crippen LogP contribution in [0.25, 0.3) is 0 Å². The Labute approximate surface area is 195 Å². The van der Waals surface area contributed by atoms with Crippen molar-refractivity contribution in [1.82, 2.24) is 19.4 Å². The molecule has 0 spiro atoms. The minimum Gasteiger partial charge on any atom is -0.378 e. The molecule has 4 heterocycles. The van der Waals surface area contributed by atoms with Gasteiger partial charge in [-0.15, -0.1) is 0 Å². The molecule has 3 fully saturated rings. The maximum Gasteiger partial charge on any atom is 0.253 e. The number of nitrogens with zero attached hydrogens (tertiary/aromatic N) is 5. The number of hydrogen-bond acceptors (Lipinski definition) is 5. The molecule has 2 amide bonds. The fraction of sp³-hybridized carbons (Fsp3) is 0.560. The molecule has 5 rings (SSSR count). The summed E-state index contributed by atoms with van der Waals surface area (Å²) in [5.74, 6) is 0.729. The number of carbonyl (C=O) groups excluding carboxylic acids is 2. The SMILES string of the molecule is O=C(c1ccc(N2CCOCC2)cc1)N1CC[C@H]2[C@H](CCC(=O)N2CCCn2ccnc2)C1. The van der Waals surface area contributed by atoms with Crippen LogP contribution in [0.4, 0.5) is 5.69 Å². The van der Waals surface area contributed by atoms with Gasteiger partial charge in [0.1, 0.15) is 0 Å². The predicted molar refractivity (Wildman–Crippen MR) is 125 cm³/mol. The van der Waals surface area contributed by atoms with E-state index in [9.17, 15) is 9.59 Å². The molecular weight excluding hydrogens is 418 g/mol. The third-order valence-electron chi connectivity index (χ3n) is 7.30. The zero-order valence-electron chi connectivity index (χ0n) is 19.1. The van der Waals surface area contributed by atoms with Crippen LogP contribution < -0.4 is 4.90 Å². The molecule has 2 aromatic rings. The Kier molecular flexibility index (Phi) is 6.62. The Morgan fingerprint density at radius 1 is 1.06 bits per heavy atom. The molecule has 0 aliphatic carbocycles. The third kappa shape index (κ3) is 4.90. The molecule has 0 N–H and O–H groups in total. The van der Waals surface area contributed by atoms with E-state index in [1.54, 1.807) is 6.20 Å². The summed E-state index contributed by atoms with van der Waals surface area (Å²) in [5, 5.41) is 0. The molecular formula is C25H33N5O3. The molecule has 2 atom stereocenters. The van der Waals surface area contributed by atoms with E-state index in [1.165, 1.54) is 0 Å². The maximum absolute atomic E-state index is 13.2. The highest BCUT2D eigenvalue weighted by molar-refractivity contribution is 5.94. The largest absolute Gasteiger partial charge is 0.378 e. The van der Waals surface area contributed by atoms with E-state index >= 15 is 0 Å². The average molecular weight is 452 g/mol. The quantitative estimate of drug-likeness (QED) is 0.674. The zero-order chi connectivity index (χ0) is 22.6. The number of rotatable bonds is 6. The van der Waals surface area contributed by atoms with Gasteiger partial charge in [0.2, 0.25) is 5.91 Å². The van der Waals surface area contributed by atoms with Crippen molar-refractivity contribution in [3.8, 4) is 0 Å². The van der Waals surface area contributed by atoms with Crippen molar-refractivity contribution < 1.29 is 14.3 Å². The number of amides is 2. The second-order valence-electron chi connectivity index (χ2n) is 9.29. The van der Waals surface area contributed by atoms with E-state index in [2.05, 4.69) is 19.4 Å². The van der Waals surface area contributed by atoms with E-state index in [0.717, 1.165) is 76.5 Å². The molecule has 176 valence electrons. The van der Waals surface area contributed by atoms with Gasteiger partial charge in [0, 0.05) is 75.4 Å². The number of morpholine rings is 1. The van der Waals surface area contributed by atoms with Crippen LogP contribution in [0.15, 0.2) is 43.0 Å². The summed E-state index contributed by atoms with van der Waals surface area (Å²) in [6.07, 6.45) is 8.80. The number of imidazole rings is 1. The monoisotopic (exact) mass is 451 g/mol. The highest BCUT2D eigenvalue weighted by Crippen LogP contribution is 2.32. The van der Waals surface area contributed by atoms with Crippen molar-refractivity contribution in [2.24, 2.45) is 5.92 Å². The molecule has 8 heteroatoms. The molecule has 1 aromatic carbocycles. The lowest BCUT2D eigenvalue weighted by Gasteiger charge is -2.47. The van der Waals surface area contributed by atoms with Crippen LogP contribution in [0, 0.1) is 5.92 Å². The minimum absolute atomic E-state index is 0.102. The summed E-state index contributed by atoms with van der Waals surface area (Å²) in [5.41, 5.74) is 1.89. The van der Waals surface area contributed by atoms with Crippen LogP contribution >= 0.6 is 0 Å². The van der Waals surface area contributed by atoms with Gasteiger partial charge >= 0.3 is 0 Å². The van der Waals surface area contributed by atoms with Crippen LogP contribution in [0.2, 0.25) is 0 Å². The Morgan fingerprint density at radius 2 is 1.88 bits per heavy atom. The summed E-state index contributed by atoms with van der Waals surface area (Å²) in [4.78, 5) is 36.3. The molecule has 0 unspecified atom stereocenters. The second-order valence-corrected chi connectivity index (χ2v) is 9.29. The molecule has 0 radical (unpaired) electrons. The lowest BCUT2D eigenvalue weighted by molar-refractivity contribution is -0.140. The van der Waals surface area contributed by atoms with Gasteiger partial charge in [-0.2, -0.15) is 0 Å². The first kappa shape index (κ1) is 21.9. The predicted octanol–water partition coefficient (Wildman–Crippen LogP) is 2.26. The summed E-state index contributed by atoms with van der Waals surface area (Å²) >= 11 is 0. The molecule has 0 saturated carbocycles. The number of aryl methyl sites for hydroxylation is 1. The van der Waals surface area contributed by atoms with Crippen LogP contribution in [0.5, 0.6) is 0 Å². The van der Waals surface area contributed by atoms with Gasteiger partial charge in [-0.05, 0) is 49.4 Å². The standard InChI is InChI=1S/C25H33N5O3/c31-24-7-4-21-18-29(12-8-23(21)30(24)11-1-10-27-13-9-26-19-27)25(32)20-2-5-22(6-3-20)28-14-16-33-17-15-28/h2-3,5-6,9,13,19,21,23H,1,4,7-8,10-12,14-18H2/t21-,23+/m1/s1. The lowest BCUT2D eigenvalue weighted by Crippen LogP contribution is -2.57. The molecule has 8 nitrogen and oxygen atoms in total. The van der Waals surface area contributed by atoms with Crippen LogP contribution in [0.3, 0.4) is 0 Å². The number of aromatic nitrogens is 2. The molecule has 33 heavy (non-hydrogen) atoms. The summed E-state index contributed by atoms with van der Waals surface area (Å²) in [6.45, 7) is 6.36. The van der Waals surface area contributed by atoms with Crippen LogP contribution in [-0.4, -0.2) is 83.1 Å². The van der Waals surface area contributed by atoms with E-state index in [4.69, 9.17) is 4.74 Å². The zero-order valence-corrected chi connectivity index (χ0v) is 19.1. The van der Waals surface area contributed by atoms with Crippen molar-refractivity contribution in [1.29, 1.82) is 0 Å². The molecule has 3 saturated heterocycles. The number of fused-ring (bicyclic) bond motifs is 1. The fourth-order valence-corrected chi connectivity index (χ4v) is 5.49. The summed E-state index contributed by atoms with van der Waals surface area (Å²) < 4.78 is 7.48. The van der Waals surface area contributed by atoms with Gasteiger partial charge in [0.05, 0.1) is 19.5 Å². The highest BCUT2D eigenvalue weighted by atomic mass is 16.5. The second kappa shape index (κ2) is 9.95. The van der Waals surface area contributed by atoms with Gasteiger partial charge in [-0.3, -0.25) is 9.59 Å². The van der Waals surface area contributed by atoms with Crippen molar-refractivity contribution in [2.45, 2.75) is 38.3 Å². The Hall–Kier alpha value is -2.87. The maximum atomic E-state index is 13.2. The van der Waals surface area contributed by atoms with Crippen molar-refractivity contribution in [3.05, 3.63) is 48.5 Å². The topological polar surface area (TPSA) is 70.9 Å². The minimum atomic E-state index is 0.102. The van der Waals surface area contributed by atoms with Crippen LogP contribution in [-0.2, 0) is 16.1 Å². The Morgan fingerprint density at radius 3 is 2.64 bits per heavy atom. The van der Waals surface area contributed by atoms with Gasteiger partial charge in [-0.1, -0.05) is 0 Å². The number of piperidine rings is 2. The van der Waals surface area contributed by atoms with Gasteiger partial charge in [0.15, 0.2) is 0 Å². The Bertz CT molecular complexity index is 939. The van der Waals surface area contributed by atoms with Crippen molar-refractivity contribution >= 4 is 17.5 Å². The van der Waals surface area contributed by atoms with E-state index in [0.29, 0.717) is 18.9 Å².